The zero-order valence-electron chi connectivity index (χ0n) is 20.3. The number of fused-ring (bicyclic) bond motifs is 1. The van der Waals surface area contributed by atoms with E-state index in [9.17, 15) is 9.59 Å². The quantitative estimate of drug-likeness (QED) is 0.519. The summed E-state index contributed by atoms with van der Waals surface area (Å²) in [4.78, 5) is 29.3. The van der Waals surface area contributed by atoms with E-state index in [1.807, 2.05) is 45.9 Å². The Labute approximate surface area is 195 Å². The maximum absolute atomic E-state index is 12.5. The molecule has 0 spiro atoms. The zero-order chi connectivity index (χ0) is 24.3. The predicted octanol–water partition coefficient (Wildman–Crippen LogP) is 5.53. The summed E-state index contributed by atoms with van der Waals surface area (Å²) < 4.78 is 5.45. The van der Waals surface area contributed by atoms with E-state index < -0.39 is 17.6 Å². The molecule has 0 radical (unpaired) electrons. The van der Waals surface area contributed by atoms with Crippen LogP contribution in [0.2, 0.25) is 0 Å². The van der Waals surface area contributed by atoms with E-state index in [2.05, 4.69) is 31.3 Å². The van der Waals surface area contributed by atoms with Crippen molar-refractivity contribution < 1.29 is 14.3 Å². The van der Waals surface area contributed by atoms with Gasteiger partial charge in [-0.25, -0.2) is 4.79 Å². The summed E-state index contributed by atoms with van der Waals surface area (Å²) in [7, 11) is 0. The number of hydrogen-bond donors (Lipinski definition) is 2. The minimum atomic E-state index is -0.595. The van der Waals surface area contributed by atoms with Gasteiger partial charge >= 0.3 is 6.09 Å². The van der Waals surface area contributed by atoms with Crippen LogP contribution in [0.25, 0.3) is 22.0 Å². The molecule has 6 nitrogen and oxygen atoms in total. The van der Waals surface area contributed by atoms with Crippen molar-refractivity contribution in [1.82, 2.24) is 10.3 Å². The van der Waals surface area contributed by atoms with Crippen LogP contribution in [0.15, 0.2) is 42.5 Å². The fraction of sp³-hybridized carbons (Fsp3) is 0.370. The highest BCUT2D eigenvalue weighted by Crippen LogP contribution is 2.35. The third-order valence-electron chi connectivity index (χ3n) is 5.21. The molecule has 0 unspecified atom stereocenters. The minimum absolute atomic E-state index is 0.254. The van der Waals surface area contributed by atoms with E-state index >= 15 is 0 Å². The summed E-state index contributed by atoms with van der Waals surface area (Å²) in [5.41, 5.74) is 11.1. The Bertz CT molecular complexity index is 1180. The topological polar surface area (TPSA) is 94.3 Å². The van der Waals surface area contributed by atoms with E-state index in [-0.39, 0.29) is 6.54 Å². The van der Waals surface area contributed by atoms with Gasteiger partial charge in [0.15, 0.2) is 0 Å². The van der Waals surface area contributed by atoms with Crippen molar-refractivity contribution in [3.63, 3.8) is 0 Å². The van der Waals surface area contributed by atoms with Crippen molar-refractivity contribution >= 4 is 22.9 Å². The van der Waals surface area contributed by atoms with Gasteiger partial charge in [-0.3, -0.25) is 9.78 Å². The van der Waals surface area contributed by atoms with Crippen molar-refractivity contribution in [2.75, 3.05) is 0 Å². The number of pyridine rings is 1. The maximum Gasteiger partial charge on any atom is 0.407 e. The van der Waals surface area contributed by atoms with Gasteiger partial charge in [0.1, 0.15) is 5.60 Å². The molecule has 1 heterocycles. The van der Waals surface area contributed by atoms with E-state index in [0.717, 1.165) is 45.3 Å². The number of nitrogens with one attached hydrogen (secondary N) is 1. The Morgan fingerprint density at radius 3 is 2.33 bits per heavy atom. The molecule has 33 heavy (non-hydrogen) atoms. The van der Waals surface area contributed by atoms with Gasteiger partial charge in [-0.2, -0.15) is 0 Å². The number of carbonyl (C=O) groups is 2. The smallest absolute Gasteiger partial charge is 0.407 e. The van der Waals surface area contributed by atoms with Crippen LogP contribution in [0.1, 0.15) is 61.8 Å². The summed E-state index contributed by atoms with van der Waals surface area (Å²) in [5.74, 6) is -0.127. The number of carbonyl (C=O) groups excluding carboxylic acids is 2. The lowest BCUT2D eigenvalue weighted by atomic mass is 9.90. The number of aryl methyl sites for hydroxylation is 1. The van der Waals surface area contributed by atoms with Crippen LogP contribution >= 0.6 is 0 Å². The molecule has 3 N–H and O–H groups in total. The van der Waals surface area contributed by atoms with Crippen LogP contribution in [0.5, 0.6) is 0 Å². The fourth-order valence-corrected chi connectivity index (χ4v) is 3.78. The summed E-state index contributed by atoms with van der Waals surface area (Å²) in [6, 6.07) is 13.5. The monoisotopic (exact) mass is 447 g/mol. The van der Waals surface area contributed by atoms with Crippen LogP contribution in [0, 0.1) is 12.8 Å². The molecule has 1 aromatic heterocycles. The molecular formula is C27H33N3O3. The molecule has 174 valence electrons. The minimum Gasteiger partial charge on any atom is -0.444 e. The van der Waals surface area contributed by atoms with Crippen molar-refractivity contribution in [1.29, 1.82) is 0 Å². The number of alkyl carbamates (subject to hydrolysis) is 1. The van der Waals surface area contributed by atoms with Gasteiger partial charge < -0.3 is 15.8 Å². The van der Waals surface area contributed by atoms with Gasteiger partial charge in [-0.1, -0.05) is 43.7 Å². The molecule has 3 rings (SSSR count). The lowest BCUT2D eigenvalue weighted by molar-refractivity contribution is 0.0523. The summed E-state index contributed by atoms with van der Waals surface area (Å²) in [6.45, 7) is 12.1. The molecular weight excluding hydrogens is 414 g/mol. The second kappa shape index (κ2) is 9.61. The standard InChI is InChI=1S/C27H33N3O3/c1-16(2)13-23-21(15-29-26(32)33-27(4,5)6)24(18-9-7-17(3)8-10-18)20-14-19(25(28)31)11-12-22(20)30-23/h7-12,14,16H,13,15H2,1-6H3,(H2,28,31)(H,29,32). The number of nitrogens with zero attached hydrogens (tertiary/aromatic N) is 1. The molecule has 0 aliphatic carbocycles. The highest BCUT2D eigenvalue weighted by molar-refractivity contribution is 6.02. The second-order valence-electron chi connectivity index (χ2n) is 9.83. The van der Waals surface area contributed by atoms with E-state index in [0.29, 0.717) is 11.5 Å². The average Bonchev–Trinajstić information content (AvgIpc) is 2.70. The number of benzene rings is 2. The number of rotatable bonds is 6. The highest BCUT2D eigenvalue weighted by atomic mass is 16.6. The first-order valence-electron chi connectivity index (χ1n) is 11.2. The highest BCUT2D eigenvalue weighted by Gasteiger charge is 2.21. The Morgan fingerprint density at radius 1 is 1.09 bits per heavy atom. The average molecular weight is 448 g/mol. The van der Waals surface area contributed by atoms with Gasteiger partial charge in [0.05, 0.1) is 5.52 Å². The first-order valence-corrected chi connectivity index (χ1v) is 11.2. The molecule has 6 heteroatoms. The van der Waals surface area contributed by atoms with Crippen molar-refractivity contribution in [2.45, 2.75) is 60.1 Å². The molecule has 0 saturated carbocycles. The predicted molar refractivity (Wildman–Crippen MR) is 132 cm³/mol. The van der Waals surface area contributed by atoms with E-state index in [1.165, 1.54) is 0 Å². The van der Waals surface area contributed by atoms with Gasteiger partial charge in [0.25, 0.3) is 0 Å². The number of ether oxygens (including phenoxy) is 1. The lowest BCUT2D eigenvalue weighted by Crippen LogP contribution is -2.32. The van der Waals surface area contributed by atoms with Crippen LogP contribution in [-0.4, -0.2) is 22.6 Å². The van der Waals surface area contributed by atoms with E-state index in [4.69, 9.17) is 15.5 Å². The first kappa shape index (κ1) is 24.2. The van der Waals surface area contributed by atoms with Crippen molar-refractivity contribution in [3.8, 4) is 11.1 Å². The zero-order valence-corrected chi connectivity index (χ0v) is 20.3. The van der Waals surface area contributed by atoms with Crippen LogP contribution in [0.4, 0.5) is 4.79 Å². The molecule has 0 atom stereocenters. The molecule has 0 aliphatic rings. The summed E-state index contributed by atoms with van der Waals surface area (Å²) in [5, 5.41) is 3.72. The molecule has 2 amide bonds. The Kier molecular flexibility index (Phi) is 7.06. The molecule has 0 saturated heterocycles. The Hall–Kier alpha value is -3.41. The third-order valence-corrected chi connectivity index (χ3v) is 5.21. The first-order chi connectivity index (χ1) is 15.4. The number of hydrogen-bond acceptors (Lipinski definition) is 4. The molecule has 3 aromatic rings. The second-order valence-corrected chi connectivity index (χ2v) is 9.83. The van der Waals surface area contributed by atoms with Gasteiger partial charge in [0.2, 0.25) is 5.91 Å². The number of amides is 2. The largest absolute Gasteiger partial charge is 0.444 e. The number of primary amides is 1. The lowest BCUT2D eigenvalue weighted by Gasteiger charge is -2.22. The normalized spacial score (nSPS) is 11.6. The van der Waals surface area contributed by atoms with Crippen molar-refractivity contribution in [2.24, 2.45) is 11.7 Å². The van der Waals surface area contributed by atoms with Crippen LogP contribution < -0.4 is 11.1 Å². The third kappa shape index (κ3) is 6.09. The molecule has 0 fully saturated rings. The number of aromatic nitrogens is 1. The molecule has 2 aromatic carbocycles. The molecule has 0 aliphatic heterocycles. The SMILES string of the molecule is Cc1ccc(-c2c(CNC(=O)OC(C)(C)C)c(CC(C)C)nc3ccc(C(N)=O)cc23)cc1. The van der Waals surface area contributed by atoms with Crippen LogP contribution in [0.3, 0.4) is 0 Å². The van der Waals surface area contributed by atoms with Gasteiger partial charge in [0, 0.05) is 28.8 Å². The van der Waals surface area contributed by atoms with Crippen molar-refractivity contribution in [3.05, 3.63) is 64.8 Å². The van der Waals surface area contributed by atoms with Gasteiger partial charge in [-0.15, -0.1) is 0 Å². The summed E-state index contributed by atoms with van der Waals surface area (Å²) >= 11 is 0. The maximum atomic E-state index is 12.5. The fourth-order valence-electron chi connectivity index (χ4n) is 3.78. The van der Waals surface area contributed by atoms with E-state index in [1.54, 1.807) is 12.1 Å². The van der Waals surface area contributed by atoms with Crippen LogP contribution in [-0.2, 0) is 17.7 Å². The molecule has 0 bridgehead atoms. The summed E-state index contributed by atoms with van der Waals surface area (Å²) in [6.07, 6.45) is 0.261. The Morgan fingerprint density at radius 2 is 1.76 bits per heavy atom. The number of nitrogens with two attached hydrogens (primary N) is 1. The Balaban J connectivity index is 2.24. The van der Waals surface area contributed by atoms with Gasteiger partial charge in [-0.05, 0) is 69.4 Å².